The third kappa shape index (κ3) is 2.90. The highest BCUT2D eigenvalue weighted by Gasteiger charge is 2.64. The van der Waals surface area contributed by atoms with Gasteiger partial charge in [0.15, 0.2) is 0 Å². The van der Waals surface area contributed by atoms with E-state index in [1.165, 1.54) is 24.8 Å². The summed E-state index contributed by atoms with van der Waals surface area (Å²) in [5.41, 5.74) is 6.44. The van der Waals surface area contributed by atoms with Crippen molar-refractivity contribution in [2.45, 2.75) is 43.2 Å². The highest BCUT2D eigenvalue weighted by molar-refractivity contribution is 5.85. The van der Waals surface area contributed by atoms with Crippen molar-refractivity contribution in [1.29, 1.82) is 0 Å². The molecule has 27 heavy (non-hydrogen) atoms. The highest BCUT2D eigenvalue weighted by atomic mass is 16.2. The lowest BCUT2D eigenvalue weighted by Crippen LogP contribution is -2.68. The van der Waals surface area contributed by atoms with Gasteiger partial charge in [0.1, 0.15) is 6.54 Å². The van der Waals surface area contributed by atoms with Gasteiger partial charge >= 0.3 is 6.03 Å². The fourth-order valence-corrected chi connectivity index (χ4v) is 5.27. The Morgan fingerprint density at radius 1 is 1.22 bits per heavy atom. The number of nitrogens with two attached hydrogens (primary N) is 1. The summed E-state index contributed by atoms with van der Waals surface area (Å²) >= 11 is 0. The van der Waals surface area contributed by atoms with Gasteiger partial charge in [-0.15, -0.1) is 0 Å². The zero-order chi connectivity index (χ0) is 19.2. The fourth-order valence-electron chi connectivity index (χ4n) is 5.27. The van der Waals surface area contributed by atoms with Gasteiger partial charge in [-0.1, -0.05) is 36.8 Å². The minimum atomic E-state index is -0.440. The smallest absolute Gasteiger partial charge is 0.321 e. The Bertz CT molecular complexity index is 723. The van der Waals surface area contributed by atoms with Crippen LogP contribution < -0.4 is 5.73 Å². The first-order valence-corrected chi connectivity index (χ1v) is 9.94. The Balaban J connectivity index is 1.61. The first-order chi connectivity index (χ1) is 12.9. The normalized spacial score (nSPS) is 30.7. The standard InChI is InChI=1S/C21H30N4O2/c1-23(2)21(17-9-4-3-5-10-17)13-20(14-21)15-24(12-18(22)26)19(27)25(20)11-16-7-6-8-16/h3-5,9-10,16H,6-8,11-15H2,1-2H3,(H2,22,26). The van der Waals surface area contributed by atoms with Crippen LogP contribution in [0.3, 0.4) is 0 Å². The highest BCUT2D eigenvalue weighted by Crippen LogP contribution is 2.57. The van der Waals surface area contributed by atoms with Crippen molar-refractivity contribution in [3.63, 3.8) is 0 Å². The number of urea groups is 1. The van der Waals surface area contributed by atoms with Crippen molar-refractivity contribution in [2.24, 2.45) is 11.7 Å². The van der Waals surface area contributed by atoms with Crippen LogP contribution in [0.5, 0.6) is 0 Å². The van der Waals surface area contributed by atoms with Crippen LogP contribution in [0.15, 0.2) is 30.3 Å². The molecule has 1 aromatic rings. The molecule has 0 unspecified atom stereocenters. The van der Waals surface area contributed by atoms with Crippen molar-refractivity contribution in [1.82, 2.24) is 14.7 Å². The van der Waals surface area contributed by atoms with Crippen molar-refractivity contribution in [3.05, 3.63) is 35.9 Å². The zero-order valence-electron chi connectivity index (χ0n) is 16.4. The van der Waals surface area contributed by atoms with E-state index in [-0.39, 0.29) is 23.7 Å². The van der Waals surface area contributed by atoms with Gasteiger partial charge in [-0.05, 0) is 51.3 Å². The molecule has 3 aliphatic rings. The van der Waals surface area contributed by atoms with Crippen molar-refractivity contribution in [3.8, 4) is 0 Å². The molecule has 6 heteroatoms. The maximum absolute atomic E-state index is 13.1. The van der Waals surface area contributed by atoms with Crippen LogP contribution in [0.2, 0.25) is 0 Å². The molecule has 146 valence electrons. The quantitative estimate of drug-likeness (QED) is 0.833. The first kappa shape index (κ1) is 18.3. The molecular weight excluding hydrogens is 340 g/mol. The summed E-state index contributed by atoms with van der Waals surface area (Å²) in [5.74, 6) is 0.163. The Labute approximate surface area is 161 Å². The molecule has 0 aromatic heterocycles. The lowest BCUT2D eigenvalue weighted by atomic mass is 9.58. The van der Waals surface area contributed by atoms with Gasteiger partial charge in [0.05, 0.1) is 11.1 Å². The minimum absolute atomic E-state index is 0.0129. The summed E-state index contributed by atoms with van der Waals surface area (Å²) in [6.45, 7) is 1.43. The number of nitrogens with zero attached hydrogens (tertiary/aromatic N) is 3. The van der Waals surface area contributed by atoms with E-state index in [1.54, 1.807) is 4.90 Å². The second-order valence-corrected chi connectivity index (χ2v) is 8.88. The second-order valence-electron chi connectivity index (χ2n) is 8.88. The average molecular weight is 370 g/mol. The molecule has 1 aromatic carbocycles. The molecule has 1 saturated heterocycles. The molecule has 1 spiro atoms. The summed E-state index contributed by atoms with van der Waals surface area (Å²) < 4.78 is 0. The lowest BCUT2D eigenvalue weighted by Gasteiger charge is -2.61. The third-order valence-electron chi connectivity index (χ3n) is 6.98. The number of carbonyl (C=O) groups is 2. The van der Waals surface area contributed by atoms with Gasteiger partial charge in [-0.2, -0.15) is 0 Å². The van der Waals surface area contributed by atoms with Gasteiger partial charge < -0.3 is 15.5 Å². The predicted molar refractivity (Wildman–Crippen MR) is 104 cm³/mol. The maximum atomic E-state index is 13.1. The number of carbonyl (C=O) groups excluding carboxylic acids is 2. The molecule has 0 radical (unpaired) electrons. The minimum Gasteiger partial charge on any atom is -0.368 e. The average Bonchev–Trinajstić information content (AvgIpc) is 2.81. The van der Waals surface area contributed by atoms with Gasteiger partial charge in [0.25, 0.3) is 0 Å². The predicted octanol–water partition coefficient (Wildman–Crippen LogP) is 2.00. The van der Waals surface area contributed by atoms with Crippen LogP contribution in [0.1, 0.15) is 37.7 Å². The van der Waals surface area contributed by atoms with Crippen LogP contribution in [-0.2, 0) is 10.3 Å². The van der Waals surface area contributed by atoms with Crippen LogP contribution >= 0.6 is 0 Å². The molecule has 6 nitrogen and oxygen atoms in total. The van der Waals surface area contributed by atoms with E-state index in [1.807, 2.05) is 6.07 Å². The molecule has 3 fully saturated rings. The fraction of sp³-hybridized carbons (Fsp3) is 0.619. The third-order valence-corrected chi connectivity index (χ3v) is 6.98. The second kappa shape index (κ2) is 6.51. The molecular formula is C21H30N4O2. The Morgan fingerprint density at radius 2 is 1.89 bits per heavy atom. The van der Waals surface area contributed by atoms with E-state index in [0.29, 0.717) is 12.5 Å². The summed E-state index contributed by atoms with van der Waals surface area (Å²) in [7, 11) is 4.24. The van der Waals surface area contributed by atoms with Crippen molar-refractivity contribution in [2.75, 3.05) is 33.7 Å². The van der Waals surface area contributed by atoms with Gasteiger partial charge in [-0.25, -0.2) is 4.79 Å². The molecule has 1 aliphatic heterocycles. The van der Waals surface area contributed by atoms with E-state index < -0.39 is 5.91 Å². The molecule has 0 bridgehead atoms. The molecule has 2 saturated carbocycles. The van der Waals surface area contributed by atoms with Gasteiger partial charge in [-0.3, -0.25) is 9.69 Å². The lowest BCUT2D eigenvalue weighted by molar-refractivity contribution is -0.118. The molecule has 2 aliphatic carbocycles. The number of primary amides is 1. The Hall–Kier alpha value is -2.08. The van der Waals surface area contributed by atoms with Crippen molar-refractivity contribution < 1.29 is 9.59 Å². The molecule has 1 heterocycles. The Morgan fingerprint density at radius 3 is 2.41 bits per heavy atom. The molecule has 2 N–H and O–H groups in total. The van der Waals surface area contributed by atoms with E-state index in [9.17, 15) is 9.59 Å². The number of hydrogen-bond donors (Lipinski definition) is 1. The topological polar surface area (TPSA) is 69.9 Å². The summed E-state index contributed by atoms with van der Waals surface area (Å²) in [5, 5.41) is 0. The molecule has 3 amide bonds. The summed E-state index contributed by atoms with van der Waals surface area (Å²) in [6, 6.07) is 10.6. The SMILES string of the molecule is CN(C)C1(c2ccccc2)CC2(CN(CC(N)=O)C(=O)N2CC2CCC2)C1. The molecule has 0 atom stereocenters. The zero-order valence-corrected chi connectivity index (χ0v) is 16.4. The number of amides is 3. The number of rotatable bonds is 6. The van der Waals surface area contributed by atoms with Crippen LogP contribution in [0.25, 0.3) is 0 Å². The number of hydrogen-bond acceptors (Lipinski definition) is 3. The van der Waals surface area contributed by atoms with Crippen LogP contribution in [0, 0.1) is 5.92 Å². The van der Waals surface area contributed by atoms with E-state index in [2.05, 4.69) is 48.2 Å². The van der Waals surface area contributed by atoms with Crippen molar-refractivity contribution >= 4 is 11.9 Å². The van der Waals surface area contributed by atoms with E-state index in [4.69, 9.17) is 5.73 Å². The largest absolute Gasteiger partial charge is 0.368 e. The van der Waals surface area contributed by atoms with Crippen LogP contribution in [0.4, 0.5) is 4.79 Å². The summed E-state index contributed by atoms with van der Waals surface area (Å²) in [4.78, 5) is 30.6. The van der Waals surface area contributed by atoms with E-state index >= 15 is 0 Å². The number of benzene rings is 1. The van der Waals surface area contributed by atoms with Crippen LogP contribution in [-0.4, -0.2) is 65.9 Å². The molecule has 4 rings (SSSR count). The van der Waals surface area contributed by atoms with Gasteiger partial charge in [0.2, 0.25) is 5.91 Å². The van der Waals surface area contributed by atoms with Gasteiger partial charge in [0, 0.05) is 13.1 Å². The summed E-state index contributed by atoms with van der Waals surface area (Å²) in [6.07, 6.45) is 5.45. The first-order valence-electron chi connectivity index (χ1n) is 9.94. The monoisotopic (exact) mass is 370 g/mol. The Kier molecular flexibility index (Phi) is 4.41. The van der Waals surface area contributed by atoms with E-state index in [0.717, 1.165) is 19.4 Å². The maximum Gasteiger partial charge on any atom is 0.321 e.